The van der Waals surface area contributed by atoms with Crippen molar-refractivity contribution in [3.63, 3.8) is 0 Å². The number of methoxy groups -OCH3 is 1. The molecule has 2 N–H and O–H groups in total. The zero-order valence-corrected chi connectivity index (χ0v) is 13.4. The Bertz CT molecular complexity index is 610. The van der Waals surface area contributed by atoms with Gasteiger partial charge in [-0.1, -0.05) is 19.9 Å². The van der Waals surface area contributed by atoms with Crippen molar-refractivity contribution in [3.05, 3.63) is 29.3 Å². The molecule has 118 valence electrons. The summed E-state index contributed by atoms with van der Waals surface area (Å²) in [6.45, 7) is 5.62. The smallest absolute Gasteiger partial charge is 0.335 e. The van der Waals surface area contributed by atoms with E-state index in [0.717, 1.165) is 0 Å². The predicted molar refractivity (Wildman–Crippen MR) is 79.0 cm³/mol. The zero-order chi connectivity index (χ0) is 16.2. The quantitative estimate of drug-likeness (QED) is 0.798. The zero-order valence-electron chi connectivity index (χ0n) is 12.6. The van der Waals surface area contributed by atoms with Gasteiger partial charge in [-0.15, -0.1) is 0 Å². The van der Waals surface area contributed by atoms with Crippen molar-refractivity contribution >= 4 is 16.0 Å². The molecule has 0 aliphatic heterocycles. The minimum atomic E-state index is -3.79. The van der Waals surface area contributed by atoms with Crippen molar-refractivity contribution in [3.8, 4) is 0 Å². The lowest BCUT2D eigenvalue weighted by atomic mass is 10.1. The Morgan fingerprint density at radius 2 is 2.00 bits per heavy atom. The number of aromatic carboxylic acids is 1. The van der Waals surface area contributed by atoms with Crippen LogP contribution >= 0.6 is 0 Å². The highest BCUT2D eigenvalue weighted by atomic mass is 32.2. The van der Waals surface area contributed by atoms with Gasteiger partial charge < -0.3 is 9.84 Å². The molecule has 1 atom stereocenters. The maximum Gasteiger partial charge on any atom is 0.335 e. The Morgan fingerprint density at radius 3 is 2.48 bits per heavy atom. The van der Waals surface area contributed by atoms with Gasteiger partial charge in [0.05, 0.1) is 17.1 Å². The van der Waals surface area contributed by atoms with Gasteiger partial charge in [-0.2, -0.15) is 0 Å². The van der Waals surface area contributed by atoms with E-state index < -0.39 is 16.0 Å². The highest BCUT2D eigenvalue weighted by molar-refractivity contribution is 7.89. The first-order chi connectivity index (χ1) is 9.69. The van der Waals surface area contributed by atoms with Crippen LogP contribution in [0.1, 0.15) is 29.8 Å². The van der Waals surface area contributed by atoms with E-state index in [-0.39, 0.29) is 29.0 Å². The molecule has 0 heterocycles. The molecule has 1 aromatic rings. The molecule has 1 rings (SSSR count). The maximum absolute atomic E-state index is 12.3. The molecular formula is C14H21NO5S. The van der Waals surface area contributed by atoms with Gasteiger partial charge in [0.2, 0.25) is 10.0 Å². The van der Waals surface area contributed by atoms with E-state index in [1.54, 1.807) is 6.92 Å². The summed E-state index contributed by atoms with van der Waals surface area (Å²) in [5, 5.41) is 9.07. The largest absolute Gasteiger partial charge is 0.478 e. The number of hydrogen-bond acceptors (Lipinski definition) is 4. The van der Waals surface area contributed by atoms with Gasteiger partial charge in [0.1, 0.15) is 0 Å². The fraction of sp³-hybridized carbons (Fsp3) is 0.500. The van der Waals surface area contributed by atoms with Crippen LogP contribution in [0.3, 0.4) is 0 Å². The lowest BCUT2D eigenvalue weighted by Gasteiger charge is -2.21. The molecule has 0 fully saturated rings. The van der Waals surface area contributed by atoms with Crippen molar-refractivity contribution in [1.29, 1.82) is 0 Å². The van der Waals surface area contributed by atoms with Crippen LogP contribution in [0.4, 0.5) is 0 Å². The average molecular weight is 315 g/mol. The standard InChI is InChI=1S/C14H21NO5S/c1-9(2)13(8-20-4)15-21(18,19)11-6-5-10(3)12(7-11)14(16)17/h5-7,9,13,15H,8H2,1-4H3,(H,16,17). The van der Waals surface area contributed by atoms with E-state index >= 15 is 0 Å². The van der Waals surface area contributed by atoms with Crippen LogP contribution in [0.25, 0.3) is 0 Å². The number of carboxylic acids is 1. The Hall–Kier alpha value is -1.44. The third-order valence-electron chi connectivity index (χ3n) is 3.21. The minimum absolute atomic E-state index is 0.0225. The fourth-order valence-electron chi connectivity index (χ4n) is 1.81. The van der Waals surface area contributed by atoms with Gasteiger partial charge >= 0.3 is 5.97 Å². The number of benzene rings is 1. The topological polar surface area (TPSA) is 92.7 Å². The molecule has 0 aliphatic carbocycles. The summed E-state index contributed by atoms with van der Waals surface area (Å²) < 4.78 is 32.3. The second-order valence-electron chi connectivity index (χ2n) is 5.21. The Balaban J connectivity index is 3.13. The summed E-state index contributed by atoms with van der Waals surface area (Å²) in [5.41, 5.74) is 0.490. The van der Waals surface area contributed by atoms with Crippen LogP contribution in [0.15, 0.2) is 23.1 Å². The molecule has 0 aromatic heterocycles. The normalized spacial score (nSPS) is 13.4. The summed E-state index contributed by atoms with van der Waals surface area (Å²) in [5.74, 6) is -1.11. The monoisotopic (exact) mass is 315 g/mol. The maximum atomic E-state index is 12.3. The Labute approximate surface area is 125 Å². The van der Waals surface area contributed by atoms with Gasteiger partial charge in [-0.3, -0.25) is 0 Å². The SMILES string of the molecule is COCC(NS(=O)(=O)c1ccc(C)c(C(=O)O)c1)C(C)C. The number of rotatable bonds is 7. The van der Waals surface area contributed by atoms with Crippen molar-refractivity contribution in [1.82, 2.24) is 4.72 Å². The second-order valence-corrected chi connectivity index (χ2v) is 6.92. The first-order valence-corrected chi connectivity index (χ1v) is 8.02. The number of carbonyl (C=O) groups is 1. The van der Waals surface area contributed by atoms with Crippen molar-refractivity contribution in [2.75, 3.05) is 13.7 Å². The van der Waals surface area contributed by atoms with Crippen molar-refractivity contribution in [2.24, 2.45) is 5.92 Å². The van der Waals surface area contributed by atoms with Crippen molar-refractivity contribution < 1.29 is 23.1 Å². The first kappa shape index (κ1) is 17.6. The Kier molecular flexibility index (Phi) is 5.88. The molecular weight excluding hydrogens is 294 g/mol. The van der Waals surface area contributed by atoms with Crippen LogP contribution in [0.5, 0.6) is 0 Å². The predicted octanol–water partition coefficient (Wildman–Crippen LogP) is 1.64. The van der Waals surface area contributed by atoms with E-state index in [1.807, 2.05) is 13.8 Å². The third kappa shape index (κ3) is 4.52. The minimum Gasteiger partial charge on any atom is -0.478 e. The highest BCUT2D eigenvalue weighted by Crippen LogP contribution is 2.17. The van der Waals surface area contributed by atoms with Crippen LogP contribution in [-0.2, 0) is 14.8 Å². The molecule has 21 heavy (non-hydrogen) atoms. The summed E-state index contributed by atoms with van der Waals surface area (Å²) >= 11 is 0. The van der Waals surface area contributed by atoms with E-state index in [0.29, 0.717) is 5.56 Å². The first-order valence-electron chi connectivity index (χ1n) is 6.54. The summed E-state index contributed by atoms with van der Waals surface area (Å²) in [6, 6.07) is 3.67. The highest BCUT2D eigenvalue weighted by Gasteiger charge is 2.23. The molecule has 1 unspecified atom stereocenters. The van der Waals surface area contributed by atoms with Crippen molar-refractivity contribution in [2.45, 2.75) is 31.7 Å². The summed E-state index contributed by atoms with van der Waals surface area (Å²) in [4.78, 5) is 11.0. The van der Waals surface area contributed by atoms with Gasteiger partial charge in [0.25, 0.3) is 0 Å². The van der Waals surface area contributed by atoms with E-state index in [9.17, 15) is 13.2 Å². The van der Waals surface area contributed by atoms with E-state index in [4.69, 9.17) is 9.84 Å². The molecule has 1 aromatic carbocycles. The molecule has 0 amide bonds. The molecule has 0 radical (unpaired) electrons. The van der Waals surface area contributed by atoms with E-state index in [2.05, 4.69) is 4.72 Å². The Morgan fingerprint density at radius 1 is 1.38 bits per heavy atom. The number of nitrogens with one attached hydrogen (secondary N) is 1. The van der Waals surface area contributed by atoms with Crippen LogP contribution < -0.4 is 4.72 Å². The number of hydrogen-bond donors (Lipinski definition) is 2. The summed E-state index contributed by atoms with van der Waals surface area (Å²) in [6.07, 6.45) is 0. The van der Waals surface area contributed by atoms with Gasteiger partial charge in [-0.25, -0.2) is 17.9 Å². The number of aryl methyl sites for hydroxylation is 1. The van der Waals surface area contributed by atoms with Crippen LogP contribution in [0, 0.1) is 12.8 Å². The molecule has 0 bridgehead atoms. The van der Waals surface area contributed by atoms with E-state index in [1.165, 1.54) is 25.3 Å². The number of sulfonamides is 1. The lowest BCUT2D eigenvalue weighted by molar-refractivity contribution is 0.0696. The number of ether oxygens (including phenoxy) is 1. The fourth-order valence-corrected chi connectivity index (χ4v) is 3.20. The van der Waals surface area contributed by atoms with Gasteiger partial charge in [-0.05, 0) is 30.5 Å². The molecule has 7 heteroatoms. The van der Waals surface area contributed by atoms with Gasteiger partial charge in [0, 0.05) is 13.2 Å². The third-order valence-corrected chi connectivity index (χ3v) is 4.69. The number of carboxylic acid groups (broad SMARTS) is 1. The molecule has 0 spiro atoms. The molecule has 6 nitrogen and oxygen atoms in total. The molecule has 0 saturated heterocycles. The lowest BCUT2D eigenvalue weighted by Crippen LogP contribution is -2.41. The van der Waals surface area contributed by atoms with Crippen LogP contribution in [-0.4, -0.2) is 39.3 Å². The van der Waals surface area contributed by atoms with Crippen LogP contribution in [0.2, 0.25) is 0 Å². The molecule has 0 saturated carbocycles. The van der Waals surface area contributed by atoms with Gasteiger partial charge in [0.15, 0.2) is 0 Å². The second kappa shape index (κ2) is 7.02. The molecule has 0 aliphatic rings. The average Bonchev–Trinajstić information content (AvgIpc) is 2.37. The summed E-state index contributed by atoms with van der Waals surface area (Å²) in [7, 11) is -2.29.